The Bertz CT molecular complexity index is 237. The second-order valence-corrected chi connectivity index (χ2v) is 5.55. The highest BCUT2D eigenvalue weighted by Crippen LogP contribution is 2.35. The lowest BCUT2D eigenvalue weighted by molar-refractivity contribution is 0.141. The maximum absolute atomic E-state index is 9.32. The Hall–Kier alpha value is -0.260. The summed E-state index contributed by atoms with van der Waals surface area (Å²) in [6, 6.07) is 2.53. The molecule has 1 heterocycles. The van der Waals surface area contributed by atoms with Crippen molar-refractivity contribution in [3.63, 3.8) is 0 Å². The van der Waals surface area contributed by atoms with Crippen LogP contribution in [0.3, 0.4) is 0 Å². The Morgan fingerprint density at radius 1 is 1.38 bits per heavy atom. The van der Waals surface area contributed by atoms with Crippen LogP contribution in [0.4, 0.5) is 0 Å². The summed E-state index contributed by atoms with van der Waals surface area (Å²) < 4.78 is 0. The number of nitrogens with zero attached hydrogens (tertiary/aromatic N) is 2. The van der Waals surface area contributed by atoms with E-state index in [2.05, 4.69) is 24.8 Å². The molecule has 0 saturated carbocycles. The van der Waals surface area contributed by atoms with Crippen LogP contribution in [-0.2, 0) is 0 Å². The Morgan fingerprint density at radius 3 is 2.44 bits per heavy atom. The van der Waals surface area contributed by atoms with Gasteiger partial charge in [0, 0.05) is 12.4 Å². The molecule has 0 atom stereocenters. The third-order valence-electron chi connectivity index (χ3n) is 3.38. The molecule has 91 valence electrons. The summed E-state index contributed by atoms with van der Waals surface area (Å²) in [4.78, 5) is 2.45. The Balaban J connectivity index is 2.41. The van der Waals surface area contributed by atoms with Crippen LogP contribution in [0.15, 0.2) is 0 Å². The number of rotatable bonds is 5. The standard InChI is InChI=1S/C13H22ClN2/c1-12(2)10-16-8-5-13(11-15,6-9-16)4-3-7-14/h3-10H2,1-2H3. The predicted octanol–water partition coefficient (Wildman–Crippen LogP) is 3.23. The lowest BCUT2D eigenvalue weighted by atomic mass is 9.76. The second kappa shape index (κ2) is 6.47. The van der Waals surface area contributed by atoms with Gasteiger partial charge in [-0.2, -0.15) is 5.26 Å². The van der Waals surface area contributed by atoms with Gasteiger partial charge in [0.25, 0.3) is 0 Å². The molecule has 1 aliphatic rings. The molecule has 0 bridgehead atoms. The van der Waals surface area contributed by atoms with E-state index in [-0.39, 0.29) is 5.41 Å². The van der Waals surface area contributed by atoms with E-state index >= 15 is 0 Å². The minimum atomic E-state index is -0.0902. The van der Waals surface area contributed by atoms with Gasteiger partial charge in [0.05, 0.1) is 11.5 Å². The number of piperidine rings is 1. The quantitative estimate of drug-likeness (QED) is 0.691. The lowest BCUT2D eigenvalue weighted by Gasteiger charge is -2.37. The molecule has 1 fully saturated rings. The van der Waals surface area contributed by atoms with Gasteiger partial charge in [-0.15, -0.1) is 11.6 Å². The molecule has 0 spiro atoms. The second-order valence-electron chi connectivity index (χ2n) is 5.17. The molecule has 2 nitrogen and oxygen atoms in total. The highest BCUT2D eigenvalue weighted by atomic mass is 35.5. The van der Waals surface area contributed by atoms with Crippen molar-refractivity contribution in [3.8, 4) is 6.07 Å². The summed E-state index contributed by atoms with van der Waals surface area (Å²) in [6.07, 6.45) is 3.95. The van der Waals surface area contributed by atoms with Gasteiger partial charge < -0.3 is 4.90 Å². The van der Waals surface area contributed by atoms with Crippen molar-refractivity contribution >= 4 is 11.6 Å². The van der Waals surface area contributed by atoms with E-state index in [1.165, 1.54) is 5.92 Å². The minimum absolute atomic E-state index is 0.0902. The van der Waals surface area contributed by atoms with Crippen LogP contribution in [0.1, 0.15) is 39.5 Å². The normalized spacial score (nSPS) is 20.9. The fraction of sp³-hybridized carbons (Fsp3) is 0.846. The van der Waals surface area contributed by atoms with E-state index in [1.54, 1.807) is 0 Å². The van der Waals surface area contributed by atoms with Crippen molar-refractivity contribution in [3.05, 3.63) is 5.92 Å². The zero-order valence-corrected chi connectivity index (χ0v) is 11.2. The number of likely N-dealkylation sites (tertiary alicyclic amines) is 1. The molecule has 1 rings (SSSR count). The number of nitriles is 1. The number of alkyl halides is 1. The molecule has 0 aliphatic carbocycles. The Morgan fingerprint density at radius 2 is 2.00 bits per heavy atom. The van der Waals surface area contributed by atoms with Crippen LogP contribution < -0.4 is 0 Å². The average molecular weight is 242 g/mol. The molecule has 1 radical (unpaired) electrons. The summed E-state index contributed by atoms with van der Waals surface area (Å²) in [5, 5.41) is 9.32. The lowest BCUT2D eigenvalue weighted by Crippen LogP contribution is -2.40. The fourth-order valence-corrected chi connectivity index (χ4v) is 2.54. The zero-order valence-electron chi connectivity index (χ0n) is 10.4. The van der Waals surface area contributed by atoms with Gasteiger partial charge in [0.1, 0.15) is 0 Å². The van der Waals surface area contributed by atoms with Crippen molar-refractivity contribution in [2.75, 3.05) is 25.5 Å². The summed E-state index contributed by atoms with van der Waals surface area (Å²) >= 11 is 5.71. The summed E-state index contributed by atoms with van der Waals surface area (Å²) in [7, 11) is 0. The van der Waals surface area contributed by atoms with Crippen LogP contribution in [0, 0.1) is 22.7 Å². The smallest absolute Gasteiger partial charge is 0.0690 e. The van der Waals surface area contributed by atoms with Gasteiger partial charge in [0.2, 0.25) is 0 Å². The van der Waals surface area contributed by atoms with Crippen molar-refractivity contribution < 1.29 is 0 Å². The van der Waals surface area contributed by atoms with E-state index < -0.39 is 0 Å². The van der Waals surface area contributed by atoms with E-state index in [1.807, 2.05) is 0 Å². The Kier molecular flexibility index (Phi) is 5.58. The summed E-state index contributed by atoms with van der Waals surface area (Å²) in [6.45, 7) is 7.53. The monoisotopic (exact) mass is 241 g/mol. The van der Waals surface area contributed by atoms with Crippen LogP contribution >= 0.6 is 11.6 Å². The molecule has 16 heavy (non-hydrogen) atoms. The van der Waals surface area contributed by atoms with E-state index in [0.29, 0.717) is 5.88 Å². The van der Waals surface area contributed by atoms with E-state index in [9.17, 15) is 5.26 Å². The third-order valence-corrected chi connectivity index (χ3v) is 3.65. The van der Waals surface area contributed by atoms with Gasteiger partial charge in [-0.05, 0) is 44.7 Å². The van der Waals surface area contributed by atoms with Gasteiger partial charge in [-0.25, -0.2) is 0 Å². The topological polar surface area (TPSA) is 27.0 Å². The molecule has 3 heteroatoms. The third kappa shape index (κ3) is 3.96. The van der Waals surface area contributed by atoms with Gasteiger partial charge >= 0.3 is 0 Å². The summed E-state index contributed by atoms with van der Waals surface area (Å²) in [5.74, 6) is 2.12. The average Bonchev–Trinajstić information content (AvgIpc) is 2.28. The maximum Gasteiger partial charge on any atom is 0.0690 e. The highest BCUT2D eigenvalue weighted by Gasteiger charge is 2.34. The first-order valence-electron chi connectivity index (χ1n) is 6.10. The SMILES string of the molecule is C[C](C)CN1CCC(C#N)(CCCCl)CC1. The largest absolute Gasteiger partial charge is 0.303 e. The van der Waals surface area contributed by atoms with Gasteiger partial charge in [0.15, 0.2) is 0 Å². The van der Waals surface area contributed by atoms with Crippen LogP contribution in [0.5, 0.6) is 0 Å². The first kappa shape index (κ1) is 13.8. The number of hydrogen-bond acceptors (Lipinski definition) is 2. The molecule has 0 amide bonds. The minimum Gasteiger partial charge on any atom is -0.303 e. The number of hydrogen-bond donors (Lipinski definition) is 0. The Labute approximate surface area is 105 Å². The van der Waals surface area contributed by atoms with Crippen molar-refractivity contribution in [2.45, 2.75) is 39.5 Å². The first-order valence-corrected chi connectivity index (χ1v) is 6.64. The van der Waals surface area contributed by atoms with E-state index in [0.717, 1.165) is 45.3 Å². The molecule has 1 saturated heterocycles. The summed E-state index contributed by atoms with van der Waals surface area (Å²) in [5.41, 5.74) is -0.0902. The van der Waals surface area contributed by atoms with Crippen molar-refractivity contribution in [2.24, 2.45) is 5.41 Å². The van der Waals surface area contributed by atoms with Gasteiger partial charge in [-0.1, -0.05) is 13.8 Å². The molecule has 0 aromatic heterocycles. The van der Waals surface area contributed by atoms with E-state index in [4.69, 9.17) is 11.6 Å². The molecule has 0 aromatic rings. The van der Waals surface area contributed by atoms with Gasteiger partial charge in [-0.3, -0.25) is 0 Å². The molecule has 0 aromatic carbocycles. The van der Waals surface area contributed by atoms with Crippen molar-refractivity contribution in [1.29, 1.82) is 5.26 Å². The van der Waals surface area contributed by atoms with Crippen LogP contribution in [0.25, 0.3) is 0 Å². The molecular weight excluding hydrogens is 220 g/mol. The maximum atomic E-state index is 9.32. The fourth-order valence-electron chi connectivity index (χ4n) is 2.41. The van der Waals surface area contributed by atoms with Crippen LogP contribution in [-0.4, -0.2) is 30.4 Å². The van der Waals surface area contributed by atoms with Crippen LogP contribution in [0.2, 0.25) is 0 Å². The zero-order chi connectivity index (χ0) is 12.0. The molecule has 0 unspecified atom stereocenters. The first-order chi connectivity index (χ1) is 7.62. The van der Waals surface area contributed by atoms with Crippen molar-refractivity contribution in [1.82, 2.24) is 4.90 Å². The molecule has 1 aliphatic heterocycles. The highest BCUT2D eigenvalue weighted by molar-refractivity contribution is 6.17. The molecular formula is C13H22ClN2. The molecule has 0 N–H and O–H groups in total. The number of halogens is 1. The predicted molar refractivity (Wildman–Crippen MR) is 68.3 cm³/mol.